The van der Waals surface area contributed by atoms with Crippen LogP contribution in [0.25, 0.3) is 0 Å². The van der Waals surface area contributed by atoms with E-state index in [0.29, 0.717) is 5.41 Å². The number of hydrogen-bond acceptors (Lipinski definition) is 2. The molecule has 1 saturated carbocycles. The van der Waals surface area contributed by atoms with Crippen LogP contribution in [0.15, 0.2) is 0 Å². The van der Waals surface area contributed by atoms with Gasteiger partial charge < -0.3 is 9.69 Å². The highest BCUT2D eigenvalue weighted by Crippen LogP contribution is 2.54. The van der Waals surface area contributed by atoms with Crippen molar-refractivity contribution in [3.8, 4) is 0 Å². The van der Waals surface area contributed by atoms with Crippen LogP contribution in [0.4, 0.5) is 0 Å². The molecular formula is C9H13NO2. The maximum atomic E-state index is 11.1. The number of carbonyl (C=O) groups excluding carboxylic acids is 2. The second-order valence-electron chi connectivity index (χ2n) is 4.05. The lowest BCUT2D eigenvalue weighted by molar-refractivity contribution is -0.132. The van der Waals surface area contributed by atoms with Gasteiger partial charge in [-0.25, -0.2) is 0 Å². The van der Waals surface area contributed by atoms with E-state index in [4.69, 9.17) is 0 Å². The Labute approximate surface area is 71.7 Å². The molecule has 66 valence electrons. The van der Waals surface area contributed by atoms with Crippen LogP contribution in [-0.2, 0) is 9.59 Å². The Morgan fingerprint density at radius 1 is 1.58 bits per heavy atom. The molecule has 0 aromatic heterocycles. The number of nitrogens with zero attached hydrogens (tertiary/aromatic N) is 1. The number of carbonyl (C=O) groups is 2. The molecule has 1 saturated heterocycles. The van der Waals surface area contributed by atoms with Gasteiger partial charge in [0.15, 0.2) is 0 Å². The van der Waals surface area contributed by atoms with Crippen molar-refractivity contribution in [1.82, 2.24) is 4.90 Å². The van der Waals surface area contributed by atoms with E-state index in [1.165, 1.54) is 19.8 Å². The van der Waals surface area contributed by atoms with Gasteiger partial charge in [-0.05, 0) is 24.7 Å². The molecule has 12 heavy (non-hydrogen) atoms. The van der Waals surface area contributed by atoms with Crippen LogP contribution in [-0.4, -0.2) is 29.7 Å². The minimum atomic E-state index is -0.134. The lowest BCUT2D eigenvalue weighted by Crippen LogP contribution is -2.34. The van der Waals surface area contributed by atoms with Crippen molar-refractivity contribution in [2.75, 3.05) is 6.54 Å². The van der Waals surface area contributed by atoms with E-state index in [-0.39, 0.29) is 11.9 Å². The molecule has 3 nitrogen and oxygen atoms in total. The molecule has 1 heterocycles. The molecule has 1 atom stereocenters. The summed E-state index contributed by atoms with van der Waals surface area (Å²) in [6.07, 6.45) is 4.20. The maximum absolute atomic E-state index is 11.1. The highest BCUT2D eigenvalue weighted by molar-refractivity contribution is 5.78. The van der Waals surface area contributed by atoms with Crippen molar-refractivity contribution in [2.24, 2.45) is 5.41 Å². The van der Waals surface area contributed by atoms with Crippen molar-refractivity contribution in [1.29, 1.82) is 0 Å². The van der Waals surface area contributed by atoms with Crippen LogP contribution in [0.3, 0.4) is 0 Å². The van der Waals surface area contributed by atoms with Crippen molar-refractivity contribution >= 4 is 12.2 Å². The zero-order valence-corrected chi connectivity index (χ0v) is 7.25. The van der Waals surface area contributed by atoms with E-state index in [1.807, 2.05) is 0 Å². The molecule has 0 unspecified atom stereocenters. The van der Waals surface area contributed by atoms with E-state index in [2.05, 4.69) is 0 Å². The second-order valence-corrected chi connectivity index (χ2v) is 4.05. The first kappa shape index (κ1) is 7.77. The highest BCUT2D eigenvalue weighted by Gasteiger charge is 2.52. The summed E-state index contributed by atoms with van der Waals surface area (Å²) in [5.74, 6) is 0.0378. The minimum Gasteiger partial charge on any atom is -0.333 e. The van der Waals surface area contributed by atoms with Crippen molar-refractivity contribution in [2.45, 2.75) is 32.2 Å². The lowest BCUT2D eigenvalue weighted by Gasteiger charge is -2.17. The van der Waals surface area contributed by atoms with E-state index in [0.717, 1.165) is 19.3 Å². The summed E-state index contributed by atoms with van der Waals surface area (Å²) in [4.78, 5) is 23.4. The third-order valence-electron chi connectivity index (χ3n) is 3.07. The Morgan fingerprint density at radius 3 is 2.58 bits per heavy atom. The molecule has 0 aromatic carbocycles. The molecule has 1 aliphatic carbocycles. The Bertz CT molecular complexity index is 233. The Morgan fingerprint density at radius 2 is 2.25 bits per heavy atom. The third-order valence-corrected chi connectivity index (χ3v) is 3.07. The maximum Gasteiger partial charge on any atom is 0.220 e. The topological polar surface area (TPSA) is 37.4 Å². The molecule has 2 rings (SSSR count). The van der Waals surface area contributed by atoms with Gasteiger partial charge >= 0.3 is 0 Å². The monoisotopic (exact) mass is 167 g/mol. The predicted octanol–water partition coefficient (Wildman–Crippen LogP) is 0.586. The SMILES string of the molecule is CC(=O)N1CC2(CC2)C[C@H]1C=O. The van der Waals surface area contributed by atoms with Gasteiger partial charge in [-0.2, -0.15) is 0 Å². The van der Waals surface area contributed by atoms with E-state index < -0.39 is 0 Å². The number of likely N-dealkylation sites (tertiary alicyclic amines) is 1. The molecule has 0 N–H and O–H groups in total. The first-order valence-corrected chi connectivity index (χ1v) is 4.39. The van der Waals surface area contributed by atoms with Gasteiger partial charge in [0.05, 0.1) is 6.04 Å². The van der Waals surface area contributed by atoms with Crippen LogP contribution < -0.4 is 0 Å². The zero-order valence-electron chi connectivity index (χ0n) is 7.25. The molecule has 0 radical (unpaired) electrons. The summed E-state index contributed by atoms with van der Waals surface area (Å²) in [6.45, 7) is 2.35. The van der Waals surface area contributed by atoms with Crippen molar-refractivity contribution in [3.05, 3.63) is 0 Å². The number of rotatable bonds is 1. The highest BCUT2D eigenvalue weighted by atomic mass is 16.2. The van der Waals surface area contributed by atoms with Gasteiger partial charge in [-0.15, -0.1) is 0 Å². The van der Waals surface area contributed by atoms with Gasteiger partial charge in [0.25, 0.3) is 0 Å². The summed E-state index contributed by atoms with van der Waals surface area (Å²) in [6, 6.07) is -0.134. The normalized spacial score (nSPS) is 30.8. The number of amides is 1. The molecule has 1 aliphatic heterocycles. The fourth-order valence-electron chi connectivity index (χ4n) is 2.10. The average Bonchev–Trinajstić information content (AvgIpc) is 2.62. The zero-order chi connectivity index (χ0) is 8.77. The van der Waals surface area contributed by atoms with E-state index in [9.17, 15) is 9.59 Å². The number of hydrogen-bond donors (Lipinski definition) is 0. The van der Waals surface area contributed by atoms with Crippen molar-refractivity contribution < 1.29 is 9.59 Å². The molecule has 1 spiro atoms. The predicted molar refractivity (Wildman–Crippen MR) is 43.5 cm³/mol. The average molecular weight is 167 g/mol. The summed E-state index contributed by atoms with van der Waals surface area (Å²) < 4.78 is 0. The number of aldehydes is 1. The second kappa shape index (κ2) is 2.31. The van der Waals surface area contributed by atoms with Gasteiger partial charge in [-0.1, -0.05) is 0 Å². The lowest BCUT2D eigenvalue weighted by atomic mass is 10.0. The van der Waals surface area contributed by atoms with Gasteiger partial charge in [0.2, 0.25) is 5.91 Å². The van der Waals surface area contributed by atoms with Crippen LogP contribution in [0.5, 0.6) is 0 Å². The molecule has 1 amide bonds. The standard InChI is InChI=1S/C9H13NO2/c1-7(12)10-6-9(2-3-9)4-8(10)5-11/h5,8H,2-4,6H2,1H3/t8-/m0/s1. The van der Waals surface area contributed by atoms with Crippen LogP contribution >= 0.6 is 0 Å². The first-order valence-electron chi connectivity index (χ1n) is 4.39. The largest absolute Gasteiger partial charge is 0.333 e. The molecule has 0 aromatic rings. The minimum absolute atomic E-state index is 0.0378. The summed E-state index contributed by atoms with van der Waals surface area (Å²) >= 11 is 0. The molecule has 0 bridgehead atoms. The van der Waals surface area contributed by atoms with Gasteiger partial charge in [0.1, 0.15) is 6.29 Å². The quantitative estimate of drug-likeness (QED) is 0.536. The van der Waals surface area contributed by atoms with E-state index >= 15 is 0 Å². The van der Waals surface area contributed by atoms with Gasteiger partial charge in [-0.3, -0.25) is 4.79 Å². The first-order chi connectivity index (χ1) is 5.67. The fraction of sp³-hybridized carbons (Fsp3) is 0.778. The smallest absolute Gasteiger partial charge is 0.220 e. The molecule has 2 aliphatic rings. The summed E-state index contributed by atoms with van der Waals surface area (Å²) in [5.41, 5.74) is 0.344. The Kier molecular flexibility index (Phi) is 1.50. The Hall–Kier alpha value is -0.860. The van der Waals surface area contributed by atoms with Crippen LogP contribution in [0.2, 0.25) is 0 Å². The van der Waals surface area contributed by atoms with Crippen LogP contribution in [0, 0.1) is 5.41 Å². The van der Waals surface area contributed by atoms with E-state index in [1.54, 1.807) is 4.90 Å². The third kappa shape index (κ3) is 1.04. The molecular weight excluding hydrogens is 154 g/mol. The van der Waals surface area contributed by atoms with Crippen molar-refractivity contribution in [3.63, 3.8) is 0 Å². The fourth-order valence-corrected chi connectivity index (χ4v) is 2.10. The Balaban J connectivity index is 2.12. The molecule has 3 heteroatoms. The summed E-state index contributed by atoms with van der Waals surface area (Å²) in [7, 11) is 0. The van der Waals surface area contributed by atoms with Gasteiger partial charge in [0, 0.05) is 13.5 Å². The summed E-state index contributed by atoms with van der Waals surface area (Å²) in [5, 5.41) is 0. The van der Waals surface area contributed by atoms with Crippen LogP contribution in [0.1, 0.15) is 26.2 Å². The molecule has 2 fully saturated rings.